The molecule has 2 fully saturated rings. The van der Waals surface area contributed by atoms with Gasteiger partial charge in [-0.2, -0.15) is 5.10 Å². The normalized spacial score (nSPS) is 27.1. The summed E-state index contributed by atoms with van der Waals surface area (Å²) in [5.74, 6) is 0.531. The molecule has 2 aliphatic heterocycles. The Hall–Kier alpha value is -1.43. The Balaban J connectivity index is 1.34. The maximum Gasteiger partial charge on any atom is 0.0669 e. The van der Waals surface area contributed by atoms with Crippen molar-refractivity contribution >= 4 is 11.6 Å². The van der Waals surface area contributed by atoms with Crippen LogP contribution in [0.4, 0.5) is 0 Å². The smallest absolute Gasteiger partial charge is 0.0669 e. The molecular formula is C23H31ClN4O. The van der Waals surface area contributed by atoms with E-state index < -0.39 is 0 Å². The number of nitrogens with zero attached hydrogens (tertiary/aromatic N) is 4. The van der Waals surface area contributed by atoms with Gasteiger partial charge in [-0.25, -0.2) is 0 Å². The zero-order valence-corrected chi connectivity index (χ0v) is 18.3. The first kappa shape index (κ1) is 19.5. The summed E-state index contributed by atoms with van der Waals surface area (Å²) in [7, 11) is 0. The molecule has 0 spiro atoms. The van der Waals surface area contributed by atoms with Crippen molar-refractivity contribution in [3.05, 3.63) is 34.9 Å². The lowest BCUT2D eigenvalue weighted by Gasteiger charge is -2.38. The van der Waals surface area contributed by atoms with Gasteiger partial charge in [-0.3, -0.25) is 14.6 Å². The monoisotopic (exact) mass is 414 g/mol. The third kappa shape index (κ3) is 3.85. The first-order valence-corrected chi connectivity index (χ1v) is 11.4. The minimum absolute atomic E-state index is 0.262. The lowest BCUT2D eigenvalue weighted by atomic mass is 9.82. The fourth-order valence-electron chi connectivity index (χ4n) is 5.44. The summed E-state index contributed by atoms with van der Waals surface area (Å²) in [6, 6.07) is 2.95. The van der Waals surface area contributed by atoms with Gasteiger partial charge in [0.15, 0.2) is 0 Å². The highest BCUT2D eigenvalue weighted by molar-refractivity contribution is 6.33. The number of ether oxygens (including phenoxy) is 1. The number of hydrogen-bond donors (Lipinski definition) is 0. The molecule has 0 bridgehead atoms. The van der Waals surface area contributed by atoms with Crippen LogP contribution in [0.25, 0.3) is 11.1 Å². The fraction of sp³-hybridized carbons (Fsp3) is 0.652. The van der Waals surface area contributed by atoms with Crippen molar-refractivity contribution in [3.63, 3.8) is 0 Å². The molecule has 0 atom stereocenters. The molecule has 29 heavy (non-hydrogen) atoms. The van der Waals surface area contributed by atoms with Gasteiger partial charge in [-0.1, -0.05) is 25.4 Å². The minimum Gasteiger partial charge on any atom is -0.379 e. The maximum atomic E-state index is 6.61. The highest BCUT2D eigenvalue weighted by Crippen LogP contribution is 2.41. The van der Waals surface area contributed by atoms with Gasteiger partial charge < -0.3 is 4.74 Å². The van der Waals surface area contributed by atoms with Gasteiger partial charge in [0.1, 0.15) is 0 Å². The predicted octanol–water partition coefficient (Wildman–Crippen LogP) is 4.54. The molecule has 2 aromatic heterocycles. The molecule has 5 rings (SSSR count). The number of morpholine rings is 1. The molecule has 0 radical (unpaired) electrons. The SMILES string of the molecule is CC1(C)Cc2c(-c3cc(C4CCC(N5CCOCC5)CC4)ncc3Cl)cnn2C1. The third-order valence-electron chi connectivity index (χ3n) is 7.02. The Morgan fingerprint density at radius 2 is 1.83 bits per heavy atom. The Bertz CT molecular complexity index is 879. The Morgan fingerprint density at radius 1 is 1.07 bits per heavy atom. The number of pyridine rings is 1. The predicted molar refractivity (Wildman–Crippen MR) is 115 cm³/mol. The molecule has 1 saturated carbocycles. The maximum absolute atomic E-state index is 6.61. The number of rotatable bonds is 3. The van der Waals surface area contributed by atoms with Gasteiger partial charge in [0.2, 0.25) is 0 Å². The first-order chi connectivity index (χ1) is 14.0. The average Bonchev–Trinajstić information content (AvgIpc) is 3.24. The Labute approximate surface area is 178 Å². The van der Waals surface area contributed by atoms with Crippen molar-refractivity contribution in [2.75, 3.05) is 26.3 Å². The van der Waals surface area contributed by atoms with Gasteiger partial charge in [0.25, 0.3) is 0 Å². The molecule has 0 aromatic carbocycles. The van der Waals surface area contributed by atoms with Gasteiger partial charge in [-0.05, 0) is 43.6 Å². The molecule has 6 heteroatoms. The Kier molecular flexibility index (Phi) is 5.17. The summed E-state index contributed by atoms with van der Waals surface area (Å²) in [5, 5.41) is 5.37. The Morgan fingerprint density at radius 3 is 2.59 bits per heavy atom. The largest absolute Gasteiger partial charge is 0.379 e. The quantitative estimate of drug-likeness (QED) is 0.739. The fourth-order valence-corrected chi connectivity index (χ4v) is 5.64. The van der Waals surface area contributed by atoms with E-state index in [0.717, 1.165) is 49.9 Å². The minimum atomic E-state index is 0.262. The van der Waals surface area contributed by atoms with Crippen molar-refractivity contribution < 1.29 is 4.74 Å². The number of fused-ring (bicyclic) bond motifs is 1. The van der Waals surface area contributed by atoms with Crippen LogP contribution in [0.2, 0.25) is 5.02 Å². The van der Waals surface area contributed by atoms with Gasteiger partial charge >= 0.3 is 0 Å². The second-order valence-corrected chi connectivity index (χ2v) is 10.2. The van der Waals surface area contributed by atoms with E-state index >= 15 is 0 Å². The molecular weight excluding hydrogens is 384 g/mol. The van der Waals surface area contributed by atoms with Gasteiger partial charge in [-0.15, -0.1) is 0 Å². The zero-order chi connectivity index (χ0) is 20.0. The van der Waals surface area contributed by atoms with Crippen LogP contribution in [-0.2, 0) is 17.7 Å². The van der Waals surface area contributed by atoms with E-state index in [0.29, 0.717) is 12.0 Å². The third-order valence-corrected chi connectivity index (χ3v) is 7.32. The molecule has 1 saturated heterocycles. The lowest BCUT2D eigenvalue weighted by molar-refractivity contribution is 0.00721. The first-order valence-electron chi connectivity index (χ1n) is 11.0. The molecule has 5 nitrogen and oxygen atoms in total. The standard InChI is InChI=1S/C23H31ClN4O/c1-23(2)12-22-19(13-26-28(22)15-23)18-11-21(25-14-20(18)24)16-3-5-17(6-4-16)27-7-9-29-10-8-27/h11,13-14,16-17H,3-10,12,15H2,1-2H3. The van der Waals surface area contributed by atoms with Crippen LogP contribution >= 0.6 is 11.6 Å². The van der Waals surface area contributed by atoms with E-state index in [4.69, 9.17) is 21.3 Å². The van der Waals surface area contributed by atoms with Gasteiger partial charge in [0.05, 0.1) is 24.4 Å². The number of hydrogen-bond acceptors (Lipinski definition) is 4. The highest BCUT2D eigenvalue weighted by atomic mass is 35.5. The summed E-state index contributed by atoms with van der Waals surface area (Å²) in [6.45, 7) is 9.52. The highest BCUT2D eigenvalue weighted by Gasteiger charge is 2.33. The van der Waals surface area contributed by atoms with E-state index in [9.17, 15) is 0 Å². The van der Waals surface area contributed by atoms with Crippen LogP contribution in [-0.4, -0.2) is 52.0 Å². The van der Waals surface area contributed by atoms with Gasteiger partial charge in [0, 0.05) is 60.3 Å². The van der Waals surface area contributed by atoms with E-state index in [-0.39, 0.29) is 5.41 Å². The van der Waals surface area contributed by atoms with Crippen molar-refractivity contribution in [2.24, 2.45) is 5.41 Å². The van der Waals surface area contributed by atoms with Crippen molar-refractivity contribution in [3.8, 4) is 11.1 Å². The number of halogens is 1. The molecule has 0 amide bonds. The summed E-state index contributed by atoms with van der Waals surface area (Å²) in [4.78, 5) is 7.36. The summed E-state index contributed by atoms with van der Waals surface area (Å²) in [5.41, 5.74) is 5.06. The van der Waals surface area contributed by atoms with Crippen molar-refractivity contribution in [1.82, 2.24) is 19.7 Å². The average molecular weight is 415 g/mol. The topological polar surface area (TPSA) is 43.2 Å². The molecule has 156 valence electrons. The summed E-state index contributed by atoms with van der Waals surface area (Å²) >= 11 is 6.61. The second kappa shape index (κ2) is 7.68. The number of aromatic nitrogens is 3. The molecule has 1 aliphatic carbocycles. The van der Waals surface area contributed by atoms with Crippen molar-refractivity contribution in [1.29, 1.82) is 0 Å². The summed E-state index contributed by atoms with van der Waals surface area (Å²) < 4.78 is 7.67. The molecule has 4 heterocycles. The van der Waals surface area contributed by atoms with Crippen LogP contribution in [0, 0.1) is 5.41 Å². The van der Waals surface area contributed by atoms with Crippen LogP contribution in [0.3, 0.4) is 0 Å². The molecule has 2 aromatic rings. The van der Waals surface area contributed by atoms with E-state index in [1.54, 1.807) is 0 Å². The van der Waals surface area contributed by atoms with Crippen LogP contribution in [0.1, 0.15) is 56.8 Å². The van der Waals surface area contributed by atoms with Crippen LogP contribution in [0.15, 0.2) is 18.5 Å². The molecule has 0 unspecified atom stereocenters. The molecule has 0 N–H and O–H groups in total. The lowest BCUT2D eigenvalue weighted by Crippen LogP contribution is -2.44. The molecule has 3 aliphatic rings. The second-order valence-electron chi connectivity index (χ2n) is 9.75. The van der Waals surface area contributed by atoms with Crippen molar-refractivity contribution in [2.45, 2.75) is 64.5 Å². The van der Waals surface area contributed by atoms with E-state index in [2.05, 4.69) is 34.6 Å². The van der Waals surface area contributed by atoms with E-state index in [1.807, 2.05) is 12.4 Å². The van der Waals surface area contributed by atoms with Crippen LogP contribution in [0.5, 0.6) is 0 Å². The van der Waals surface area contributed by atoms with E-state index in [1.165, 1.54) is 42.6 Å². The summed E-state index contributed by atoms with van der Waals surface area (Å²) in [6.07, 6.45) is 9.80. The zero-order valence-electron chi connectivity index (χ0n) is 17.5. The van der Waals surface area contributed by atoms with Crippen LogP contribution < -0.4 is 0 Å².